The highest BCUT2D eigenvalue weighted by atomic mass is 35.5. The molecule has 0 bridgehead atoms. The molecular formula is C14H18ClN3S. The largest absolute Gasteiger partial charge is 0.342 e. The van der Waals surface area contributed by atoms with E-state index in [-0.39, 0.29) is 0 Å². The van der Waals surface area contributed by atoms with Crippen molar-refractivity contribution in [2.75, 3.05) is 18.1 Å². The standard InChI is InChI=1S/C14H18ClN3S/c15-10-3-4-12-13(8-10)18-14(17-12)5-6-16-11-2-1-7-19-9-11/h3-4,8,11,16H,1-2,5-7,9H2,(H,17,18)/t11-/m1/s1. The van der Waals surface area contributed by atoms with Crippen molar-refractivity contribution in [2.24, 2.45) is 0 Å². The van der Waals surface area contributed by atoms with Crippen LogP contribution in [0, 0.1) is 0 Å². The lowest BCUT2D eigenvalue weighted by Crippen LogP contribution is -2.35. The van der Waals surface area contributed by atoms with Gasteiger partial charge in [0.1, 0.15) is 5.82 Å². The molecule has 1 saturated heterocycles. The molecule has 1 aromatic carbocycles. The molecule has 0 saturated carbocycles. The summed E-state index contributed by atoms with van der Waals surface area (Å²) in [6.07, 6.45) is 3.58. The van der Waals surface area contributed by atoms with Gasteiger partial charge in [0.25, 0.3) is 0 Å². The fourth-order valence-electron chi connectivity index (χ4n) is 2.45. The molecule has 1 atom stereocenters. The minimum atomic E-state index is 0.678. The maximum absolute atomic E-state index is 5.97. The predicted octanol–water partition coefficient (Wildman–Crippen LogP) is 3.24. The minimum absolute atomic E-state index is 0.678. The number of hydrogen-bond donors (Lipinski definition) is 2. The van der Waals surface area contributed by atoms with Gasteiger partial charge >= 0.3 is 0 Å². The van der Waals surface area contributed by atoms with E-state index >= 15 is 0 Å². The van der Waals surface area contributed by atoms with Gasteiger partial charge in [-0.25, -0.2) is 4.98 Å². The number of thioether (sulfide) groups is 1. The van der Waals surface area contributed by atoms with E-state index in [0.717, 1.165) is 34.8 Å². The van der Waals surface area contributed by atoms with Gasteiger partial charge in [-0.1, -0.05) is 11.6 Å². The number of rotatable bonds is 4. The van der Waals surface area contributed by atoms with Crippen molar-refractivity contribution in [3.05, 3.63) is 29.0 Å². The van der Waals surface area contributed by atoms with Gasteiger partial charge in [-0.2, -0.15) is 11.8 Å². The third-order valence-electron chi connectivity index (χ3n) is 3.45. The molecule has 3 nitrogen and oxygen atoms in total. The van der Waals surface area contributed by atoms with E-state index < -0.39 is 0 Å². The molecule has 1 fully saturated rings. The predicted molar refractivity (Wildman–Crippen MR) is 83.2 cm³/mol. The molecule has 2 heterocycles. The van der Waals surface area contributed by atoms with Crippen LogP contribution in [0.5, 0.6) is 0 Å². The molecule has 0 radical (unpaired) electrons. The molecular weight excluding hydrogens is 278 g/mol. The van der Waals surface area contributed by atoms with Gasteiger partial charge in [-0.3, -0.25) is 0 Å². The highest BCUT2D eigenvalue weighted by Crippen LogP contribution is 2.18. The number of nitrogens with zero attached hydrogens (tertiary/aromatic N) is 1. The Labute approximate surface area is 122 Å². The van der Waals surface area contributed by atoms with Gasteiger partial charge in [0, 0.05) is 29.8 Å². The van der Waals surface area contributed by atoms with E-state index in [1.807, 2.05) is 18.2 Å². The zero-order valence-corrected chi connectivity index (χ0v) is 12.4. The fourth-order valence-corrected chi connectivity index (χ4v) is 3.73. The number of H-pyrrole nitrogens is 1. The van der Waals surface area contributed by atoms with Gasteiger partial charge in [0.05, 0.1) is 11.0 Å². The third kappa shape index (κ3) is 3.44. The van der Waals surface area contributed by atoms with Gasteiger partial charge < -0.3 is 10.3 Å². The van der Waals surface area contributed by atoms with Crippen LogP contribution < -0.4 is 5.32 Å². The normalized spacial score (nSPS) is 19.9. The van der Waals surface area contributed by atoms with E-state index in [2.05, 4.69) is 27.0 Å². The highest BCUT2D eigenvalue weighted by Gasteiger charge is 2.12. The van der Waals surface area contributed by atoms with Crippen LogP contribution in [0.3, 0.4) is 0 Å². The molecule has 3 rings (SSSR count). The van der Waals surface area contributed by atoms with Crippen molar-refractivity contribution in [3.8, 4) is 0 Å². The van der Waals surface area contributed by atoms with Gasteiger partial charge in [-0.15, -0.1) is 0 Å². The Morgan fingerprint density at radius 2 is 2.42 bits per heavy atom. The Balaban J connectivity index is 1.56. The zero-order valence-electron chi connectivity index (χ0n) is 10.8. The first-order valence-corrected chi connectivity index (χ1v) is 8.30. The molecule has 0 unspecified atom stereocenters. The number of imidazole rings is 1. The lowest BCUT2D eigenvalue weighted by atomic mass is 10.2. The summed E-state index contributed by atoms with van der Waals surface area (Å²) in [5.41, 5.74) is 2.02. The molecule has 2 N–H and O–H groups in total. The monoisotopic (exact) mass is 295 g/mol. The van der Waals surface area contributed by atoms with E-state index in [9.17, 15) is 0 Å². The van der Waals surface area contributed by atoms with Crippen LogP contribution in [0.1, 0.15) is 18.7 Å². The van der Waals surface area contributed by atoms with Crippen molar-refractivity contribution in [1.29, 1.82) is 0 Å². The van der Waals surface area contributed by atoms with Crippen LogP contribution >= 0.6 is 23.4 Å². The third-order valence-corrected chi connectivity index (χ3v) is 4.90. The molecule has 2 aromatic rings. The second-order valence-corrected chi connectivity index (χ2v) is 6.55. The van der Waals surface area contributed by atoms with E-state index in [4.69, 9.17) is 11.6 Å². The second kappa shape index (κ2) is 6.16. The zero-order chi connectivity index (χ0) is 13.1. The number of halogens is 1. The van der Waals surface area contributed by atoms with E-state index in [0.29, 0.717) is 6.04 Å². The number of aromatic nitrogens is 2. The summed E-state index contributed by atoms with van der Waals surface area (Å²) in [5.74, 6) is 3.60. The molecule has 19 heavy (non-hydrogen) atoms. The van der Waals surface area contributed by atoms with Crippen molar-refractivity contribution in [2.45, 2.75) is 25.3 Å². The summed E-state index contributed by atoms with van der Waals surface area (Å²) in [7, 11) is 0. The first kappa shape index (κ1) is 13.3. The average molecular weight is 296 g/mol. The summed E-state index contributed by atoms with van der Waals surface area (Å²) in [5, 5.41) is 4.37. The van der Waals surface area contributed by atoms with E-state index in [1.54, 1.807) is 0 Å². The summed E-state index contributed by atoms with van der Waals surface area (Å²) in [4.78, 5) is 7.91. The molecule has 5 heteroatoms. The smallest absolute Gasteiger partial charge is 0.108 e. The summed E-state index contributed by atoms with van der Waals surface area (Å²) < 4.78 is 0. The van der Waals surface area contributed by atoms with Crippen LogP contribution in [0.2, 0.25) is 5.02 Å². The molecule has 1 aromatic heterocycles. The Kier molecular flexibility index (Phi) is 4.31. The van der Waals surface area contributed by atoms with Gasteiger partial charge in [0.15, 0.2) is 0 Å². The van der Waals surface area contributed by atoms with Crippen molar-refractivity contribution in [1.82, 2.24) is 15.3 Å². The fraction of sp³-hybridized carbons (Fsp3) is 0.500. The number of nitrogens with one attached hydrogen (secondary N) is 2. The minimum Gasteiger partial charge on any atom is -0.342 e. The lowest BCUT2D eigenvalue weighted by molar-refractivity contribution is 0.508. The van der Waals surface area contributed by atoms with Crippen LogP contribution in [-0.4, -0.2) is 34.1 Å². The molecule has 0 amide bonds. The van der Waals surface area contributed by atoms with Crippen LogP contribution in [0.4, 0.5) is 0 Å². The second-order valence-electron chi connectivity index (χ2n) is 4.96. The first-order valence-electron chi connectivity index (χ1n) is 6.76. The summed E-state index contributed by atoms with van der Waals surface area (Å²) in [6, 6.07) is 6.45. The molecule has 1 aliphatic heterocycles. The Morgan fingerprint density at radius 1 is 1.47 bits per heavy atom. The molecule has 0 aliphatic carbocycles. The quantitative estimate of drug-likeness (QED) is 0.910. The summed E-state index contributed by atoms with van der Waals surface area (Å²) in [6.45, 7) is 0.985. The SMILES string of the molecule is Clc1ccc2nc(CCN[C@@H]3CCCSC3)[nH]c2c1. The number of benzene rings is 1. The first-order chi connectivity index (χ1) is 9.31. The maximum atomic E-state index is 5.97. The van der Waals surface area contributed by atoms with Crippen LogP contribution in [0.15, 0.2) is 18.2 Å². The number of fused-ring (bicyclic) bond motifs is 1. The highest BCUT2D eigenvalue weighted by molar-refractivity contribution is 7.99. The van der Waals surface area contributed by atoms with Crippen LogP contribution in [-0.2, 0) is 6.42 Å². The Bertz CT molecular complexity index is 549. The van der Waals surface area contributed by atoms with Gasteiger partial charge in [-0.05, 0) is 36.8 Å². The van der Waals surface area contributed by atoms with Crippen molar-refractivity contribution in [3.63, 3.8) is 0 Å². The van der Waals surface area contributed by atoms with E-state index in [1.165, 1.54) is 24.3 Å². The average Bonchev–Trinajstić information content (AvgIpc) is 2.82. The van der Waals surface area contributed by atoms with Crippen molar-refractivity contribution >= 4 is 34.4 Å². The number of hydrogen-bond acceptors (Lipinski definition) is 3. The summed E-state index contributed by atoms with van der Waals surface area (Å²) >= 11 is 8.03. The number of aromatic amines is 1. The van der Waals surface area contributed by atoms with Crippen LogP contribution in [0.25, 0.3) is 11.0 Å². The Hall–Kier alpha value is -0.710. The molecule has 0 spiro atoms. The molecule has 1 aliphatic rings. The maximum Gasteiger partial charge on any atom is 0.108 e. The topological polar surface area (TPSA) is 40.7 Å². The van der Waals surface area contributed by atoms with Gasteiger partial charge in [0.2, 0.25) is 0 Å². The lowest BCUT2D eigenvalue weighted by Gasteiger charge is -2.22. The molecule has 102 valence electrons. The Morgan fingerprint density at radius 3 is 3.26 bits per heavy atom. The van der Waals surface area contributed by atoms with Crippen molar-refractivity contribution < 1.29 is 0 Å².